The second-order valence-corrected chi connectivity index (χ2v) is 10.00. The van der Waals surface area contributed by atoms with Gasteiger partial charge in [0, 0.05) is 42.3 Å². The number of fused-ring (bicyclic) bond motifs is 1. The molecule has 1 fully saturated rings. The lowest BCUT2D eigenvalue weighted by molar-refractivity contribution is -0.272. The highest BCUT2D eigenvalue weighted by atomic mass is 19.4. The molecule has 2 aromatic carbocycles. The van der Waals surface area contributed by atoms with Gasteiger partial charge in [-0.05, 0) is 36.6 Å². The monoisotopic (exact) mass is 584 g/mol. The Morgan fingerprint density at radius 3 is 2.40 bits per heavy atom. The number of carbonyl (C=O) groups excluding carboxylic acids is 1. The number of carboxylic acid groups (broad SMARTS) is 1. The lowest BCUT2D eigenvalue weighted by Gasteiger charge is -2.39. The maximum absolute atomic E-state index is 14.6. The molecule has 1 amide bonds. The highest BCUT2D eigenvalue weighted by molar-refractivity contribution is 5.91. The van der Waals surface area contributed by atoms with E-state index in [2.05, 4.69) is 9.69 Å². The maximum atomic E-state index is 14.6. The molecule has 10 nitrogen and oxygen atoms in total. The summed E-state index contributed by atoms with van der Waals surface area (Å²) in [5, 5.41) is 20.3. The number of aromatic nitrogens is 1. The van der Waals surface area contributed by atoms with Gasteiger partial charge in [-0.1, -0.05) is 18.2 Å². The van der Waals surface area contributed by atoms with Crippen molar-refractivity contribution in [3.05, 3.63) is 76.6 Å². The smallest absolute Gasteiger partial charge is 0.422 e. The number of benzene rings is 2. The number of likely N-dealkylation sites (tertiary alicyclic amines) is 1. The lowest BCUT2D eigenvalue weighted by atomic mass is 9.91. The summed E-state index contributed by atoms with van der Waals surface area (Å²) < 4.78 is 56.3. The molecule has 0 radical (unpaired) electrons. The van der Waals surface area contributed by atoms with Gasteiger partial charge in [-0.3, -0.25) is 9.69 Å². The molecule has 2 heterocycles. The normalized spacial score (nSPS) is 15.9. The predicted molar refractivity (Wildman–Crippen MR) is 144 cm³/mol. The fraction of sp³-hybridized carbons (Fsp3) is 0.379. The number of halogens is 3. The van der Waals surface area contributed by atoms with E-state index in [1.165, 1.54) is 30.2 Å². The zero-order valence-corrected chi connectivity index (χ0v) is 22.5. The standard InChI is InChI=1S/C29H27F3N4O6/c1-33-19-5-6-21-22(15-36(23(21)14-19)16-26(37)34-2)28(40,29(30,31)32)17-35-10-8-20(9-11-35)42-24-7-4-18(13-27(38)39)12-25(24)41-3/h4-7,12,14-15,20,40H,8-11,13,16-17H2,3H3,(H,38,39). The van der Waals surface area contributed by atoms with Crippen LogP contribution in [0.5, 0.6) is 11.5 Å². The number of carboxylic acids is 1. The number of β-amino-alcohol motifs (C(OH)–C–C–N with tert-alkyl or cyclic N) is 1. The van der Waals surface area contributed by atoms with E-state index in [1.54, 1.807) is 18.2 Å². The molecular formula is C29H27F3N4O6. The minimum atomic E-state index is -5.09. The van der Waals surface area contributed by atoms with Gasteiger partial charge in [-0.25, -0.2) is 4.85 Å². The summed E-state index contributed by atoms with van der Waals surface area (Å²) in [6.07, 6.45) is -3.90. The molecule has 220 valence electrons. The van der Waals surface area contributed by atoms with Crippen molar-refractivity contribution in [3.63, 3.8) is 0 Å². The third kappa shape index (κ3) is 6.33. The fourth-order valence-corrected chi connectivity index (χ4v) is 5.10. The van der Waals surface area contributed by atoms with Crippen molar-refractivity contribution in [1.29, 1.82) is 0 Å². The molecule has 1 aliphatic heterocycles. The number of aliphatic hydroxyl groups is 1. The molecule has 4 rings (SSSR count). The third-order valence-electron chi connectivity index (χ3n) is 7.20. The lowest BCUT2D eigenvalue weighted by Crippen LogP contribution is -2.53. The second kappa shape index (κ2) is 12.1. The summed E-state index contributed by atoms with van der Waals surface area (Å²) in [4.78, 5) is 30.4. The van der Waals surface area contributed by atoms with Crippen molar-refractivity contribution in [3.8, 4) is 11.5 Å². The highest BCUT2D eigenvalue weighted by Gasteiger charge is 2.57. The summed E-state index contributed by atoms with van der Waals surface area (Å²) in [7, 11) is 1.42. The van der Waals surface area contributed by atoms with Crippen molar-refractivity contribution in [2.24, 2.45) is 0 Å². The number of methoxy groups -OCH3 is 1. The minimum absolute atomic E-state index is 0.0247. The molecule has 1 aliphatic rings. The Balaban J connectivity index is 1.55. The number of amides is 1. The molecule has 1 aromatic heterocycles. The Labute approximate surface area is 239 Å². The number of alkyl halides is 3. The van der Waals surface area contributed by atoms with Crippen LogP contribution >= 0.6 is 0 Å². The van der Waals surface area contributed by atoms with E-state index in [0.29, 0.717) is 29.9 Å². The maximum Gasteiger partial charge on any atom is 0.422 e. The molecule has 2 N–H and O–H groups in total. The van der Waals surface area contributed by atoms with E-state index < -0.39 is 42.3 Å². The summed E-state index contributed by atoms with van der Waals surface area (Å²) in [5.41, 5.74) is -2.99. The highest BCUT2D eigenvalue weighted by Crippen LogP contribution is 2.44. The molecule has 0 bridgehead atoms. The third-order valence-corrected chi connectivity index (χ3v) is 7.20. The van der Waals surface area contributed by atoms with Gasteiger partial charge in [0.2, 0.25) is 5.60 Å². The number of nitrogens with zero attached hydrogens (tertiary/aromatic N) is 4. The average molecular weight is 585 g/mol. The molecule has 0 spiro atoms. The first-order chi connectivity index (χ1) is 19.9. The van der Waals surface area contributed by atoms with Crippen LogP contribution in [0.2, 0.25) is 0 Å². The van der Waals surface area contributed by atoms with Crippen molar-refractivity contribution in [2.75, 3.05) is 26.7 Å². The fourth-order valence-electron chi connectivity index (χ4n) is 5.10. The quantitative estimate of drug-likeness (QED) is 0.336. The van der Waals surface area contributed by atoms with Crippen LogP contribution in [0.1, 0.15) is 24.0 Å². The van der Waals surface area contributed by atoms with Gasteiger partial charge in [0.25, 0.3) is 0 Å². The van der Waals surface area contributed by atoms with Crippen LogP contribution in [0.15, 0.2) is 42.6 Å². The number of carbonyl (C=O) groups is 2. The Morgan fingerprint density at radius 1 is 1.10 bits per heavy atom. The first kappa shape index (κ1) is 30.4. The number of aliphatic carboxylic acids is 1. The summed E-state index contributed by atoms with van der Waals surface area (Å²) >= 11 is 0. The van der Waals surface area contributed by atoms with Crippen LogP contribution in [0.25, 0.3) is 20.6 Å². The number of ether oxygens (including phenoxy) is 2. The van der Waals surface area contributed by atoms with E-state index in [1.807, 2.05) is 0 Å². The van der Waals surface area contributed by atoms with E-state index in [9.17, 15) is 27.9 Å². The van der Waals surface area contributed by atoms with Crippen LogP contribution in [0.4, 0.5) is 18.9 Å². The molecule has 1 unspecified atom stereocenters. The predicted octanol–water partition coefficient (Wildman–Crippen LogP) is 4.57. The van der Waals surface area contributed by atoms with Crippen molar-refractivity contribution in [2.45, 2.75) is 43.7 Å². The van der Waals surface area contributed by atoms with Crippen LogP contribution in [0, 0.1) is 13.1 Å². The van der Waals surface area contributed by atoms with Crippen molar-refractivity contribution in [1.82, 2.24) is 9.47 Å². The largest absolute Gasteiger partial charge is 0.493 e. The molecule has 1 saturated heterocycles. The van der Waals surface area contributed by atoms with Crippen LogP contribution in [-0.4, -0.2) is 70.6 Å². The van der Waals surface area contributed by atoms with Gasteiger partial charge in [-0.15, -0.1) is 0 Å². The number of hydrogen-bond acceptors (Lipinski definition) is 6. The molecule has 13 heteroatoms. The summed E-state index contributed by atoms with van der Waals surface area (Å²) in [6.45, 7) is 13.2. The van der Waals surface area contributed by atoms with Crippen molar-refractivity contribution >= 4 is 28.5 Å². The minimum Gasteiger partial charge on any atom is -0.493 e. The topological polar surface area (TPSA) is 110 Å². The summed E-state index contributed by atoms with van der Waals surface area (Å²) in [6, 6.07) is 8.73. The molecular weight excluding hydrogens is 557 g/mol. The molecule has 3 aromatic rings. The Bertz CT molecular complexity index is 1580. The van der Waals surface area contributed by atoms with Gasteiger partial charge in [0.15, 0.2) is 17.2 Å². The Kier molecular flexibility index (Phi) is 8.75. The van der Waals surface area contributed by atoms with Gasteiger partial charge in [0.05, 0.1) is 33.2 Å². The first-order valence-corrected chi connectivity index (χ1v) is 12.9. The molecule has 0 aliphatic carbocycles. The zero-order valence-electron chi connectivity index (χ0n) is 22.5. The number of hydrogen-bond donors (Lipinski definition) is 2. The van der Waals surface area contributed by atoms with Crippen LogP contribution < -0.4 is 9.47 Å². The molecule has 1 atom stereocenters. The van der Waals surface area contributed by atoms with Gasteiger partial charge in [-0.2, -0.15) is 18.0 Å². The van der Waals surface area contributed by atoms with Gasteiger partial charge in [0.1, 0.15) is 6.10 Å². The first-order valence-electron chi connectivity index (χ1n) is 12.9. The Hall–Kier alpha value is -4.59. The van der Waals surface area contributed by atoms with E-state index in [0.717, 1.165) is 10.8 Å². The second-order valence-electron chi connectivity index (χ2n) is 10.00. The van der Waals surface area contributed by atoms with Crippen molar-refractivity contribution < 1.29 is 42.4 Å². The SMILES string of the molecule is [C-]#[N+]C(=O)Cn1cc(C(O)(CN2CCC(Oc3ccc(CC(=O)O)cc3OC)CC2)C(F)(F)F)c2ccc([N+]#[C-])cc21. The van der Waals surface area contributed by atoms with E-state index in [4.69, 9.17) is 27.7 Å². The zero-order chi connectivity index (χ0) is 30.7. The molecule has 42 heavy (non-hydrogen) atoms. The average Bonchev–Trinajstić information content (AvgIpc) is 3.31. The van der Waals surface area contributed by atoms with Crippen LogP contribution in [-0.2, 0) is 28.2 Å². The van der Waals surface area contributed by atoms with Gasteiger partial charge >= 0.3 is 18.1 Å². The van der Waals surface area contributed by atoms with E-state index >= 15 is 0 Å². The number of rotatable bonds is 10. The number of piperidine rings is 1. The van der Waals surface area contributed by atoms with Gasteiger partial charge < -0.3 is 29.0 Å². The van der Waals surface area contributed by atoms with E-state index in [-0.39, 0.29) is 42.2 Å². The van der Waals surface area contributed by atoms with Crippen LogP contribution in [0.3, 0.4) is 0 Å². The molecule has 0 saturated carbocycles. The Morgan fingerprint density at radius 2 is 1.81 bits per heavy atom. The summed E-state index contributed by atoms with van der Waals surface area (Å²) in [5.74, 6) is -1.17.